The fraction of sp³-hybridized carbons (Fsp3) is 0. The average molecular weight is 217 g/mol. The van der Waals surface area contributed by atoms with Gasteiger partial charge >= 0.3 is 0 Å². The molecule has 0 spiro atoms. The van der Waals surface area contributed by atoms with E-state index < -0.39 is 25.5 Å². The lowest BCUT2D eigenvalue weighted by Gasteiger charge is -2.01. The molecular weight excluding hydrogens is 210 g/mol. The maximum atomic E-state index is 11.2. The van der Waals surface area contributed by atoms with Crippen molar-refractivity contribution in [2.75, 3.05) is 0 Å². The highest BCUT2D eigenvalue weighted by Gasteiger charge is 2.20. The van der Waals surface area contributed by atoms with E-state index in [-0.39, 0.29) is 0 Å². The minimum absolute atomic E-state index is 0.396. The number of nitrogens with two attached hydrogens (primary N) is 1. The summed E-state index contributed by atoms with van der Waals surface area (Å²) in [5.74, 6) is 4.68. The molecule has 1 aromatic carbocycles. The molecule has 0 aliphatic carbocycles. The molecule has 1 unspecified atom stereocenters. The highest BCUT2D eigenvalue weighted by atomic mass is 32.2. The summed E-state index contributed by atoms with van der Waals surface area (Å²) in [6, 6.07) is 5.02. The molecule has 14 heavy (non-hydrogen) atoms. The van der Waals surface area contributed by atoms with Gasteiger partial charge in [-0.25, -0.2) is 10.1 Å². The zero-order valence-corrected chi connectivity index (χ0v) is 7.68. The van der Waals surface area contributed by atoms with Gasteiger partial charge < -0.3 is 0 Å². The minimum Gasteiger partial charge on any atom is -0.295 e. The topological polar surface area (TPSA) is 119 Å². The molecule has 0 fully saturated rings. The number of rotatable bonds is 2. The van der Waals surface area contributed by atoms with Crippen molar-refractivity contribution in [2.24, 2.45) is 10.3 Å². The number of benzene rings is 1. The molecule has 0 bridgehead atoms. The van der Waals surface area contributed by atoms with Gasteiger partial charge in [0.05, 0.1) is 4.92 Å². The molecule has 0 aromatic heterocycles. The molecule has 0 saturated heterocycles. The molecule has 0 heterocycles. The summed E-state index contributed by atoms with van der Waals surface area (Å²) in [5, 5.41) is 10.5. The minimum atomic E-state index is -3.86. The summed E-state index contributed by atoms with van der Waals surface area (Å²) >= 11 is 0. The van der Waals surface area contributed by atoms with E-state index in [2.05, 4.69) is 10.3 Å². The highest BCUT2D eigenvalue weighted by Crippen LogP contribution is 2.23. The van der Waals surface area contributed by atoms with Crippen molar-refractivity contribution < 1.29 is 13.7 Å². The fourth-order valence-corrected chi connectivity index (χ4v) is 1.67. The monoisotopic (exact) mass is 217 g/mol. The van der Waals surface area contributed by atoms with Crippen molar-refractivity contribution in [1.29, 1.82) is 0 Å². The molecule has 3 N–H and O–H groups in total. The first-order chi connectivity index (χ1) is 6.49. The van der Waals surface area contributed by atoms with Crippen LogP contribution in [0.15, 0.2) is 33.6 Å². The van der Waals surface area contributed by atoms with Gasteiger partial charge in [0.25, 0.3) is 5.69 Å². The van der Waals surface area contributed by atoms with Crippen molar-refractivity contribution in [1.82, 2.24) is 0 Å². The average Bonchev–Trinajstić information content (AvgIpc) is 2.18. The van der Waals surface area contributed by atoms with Crippen LogP contribution in [0, 0.1) is 10.1 Å². The lowest BCUT2D eigenvalue weighted by atomic mass is 10.3. The normalized spacial score (nSPS) is 14.4. The number of para-hydroxylation sites is 1. The summed E-state index contributed by atoms with van der Waals surface area (Å²) in [6.45, 7) is 0. The van der Waals surface area contributed by atoms with Crippen LogP contribution >= 0.6 is 0 Å². The van der Waals surface area contributed by atoms with Crippen molar-refractivity contribution >= 4 is 15.7 Å². The second-order valence-corrected chi connectivity index (χ2v) is 3.97. The molecule has 1 aromatic rings. The maximum absolute atomic E-state index is 11.2. The SMILES string of the molecule is NN=S(=O)(O)c1ccccc1[N+](=O)[O-]. The Morgan fingerprint density at radius 3 is 2.57 bits per heavy atom. The predicted molar refractivity (Wildman–Crippen MR) is 48.7 cm³/mol. The van der Waals surface area contributed by atoms with Gasteiger partial charge in [-0.15, -0.1) is 4.47 Å². The Kier molecular flexibility index (Phi) is 2.79. The molecule has 1 rings (SSSR count). The quantitative estimate of drug-likeness (QED) is 0.430. The van der Waals surface area contributed by atoms with Gasteiger partial charge in [0.2, 0.25) is 10.0 Å². The first-order valence-corrected chi connectivity index (χ1v) is 4.88. The fourth-order valence-electron chi connectivity index (χ4n) is 0.890. The molecule has 0 aliphatic heterocycles. The first kappa shape index (κ1) is 10.6. The van der Waals surface area contributed by atoms with E-state index in [1.807, 2.05) is 0 Å². The van der Waals surface area contributed by atoms with E-state index in [0.29, 0.717) is 0 Å². The molecule has 8 heteroatoms. The molecular formula is C6H7N3O4S. The van der Waals surface area contributed by atoms with Gasteiger partial charge in [0.15, 0.2) is 4.90 Å². The van der Waals surface area contributed by atoms with Crippen LogP contribution in [0.1, 0.15) is 0 Å². The van der Waals surface area contributed by atoms with E-state index in [1.165, 1.54) is 12.1 Å². The molecule has 0 saturated carbocycles. The number of nitro groups is 1. The second-order valence-electron chi connectivity index (χ2n) is 2.33. The van der Waals surface area contributed by atoms with Crippen LogP contribution in [-0.4, -0.2) is 13.7 Å². The van der Waals surface area contributed by atoms with Crippen LogP contribution in [0.25, 0.3) is 0 Å². The molecule has 7 nitrogen and oxygen atoms in total. The molecule has 76 valence electrons. The van der Waals surface area contributed by atoms with E-state index in [0.717, 1.165) is 12.1 Å². The molecule has 0 radical (unpaired) electrons. The zero-order chi connectivity index (χ0) is 10.8. The van der Waals surface area contributed by atoms with Crippen molar-refractivity contribution in [3.63, 3.8) is 0 Å². The summed E-state index contributed by atoms with van der Waals surface area (Å²) in [7, 11) is -3.86. The largest absolute Gasteiger partial charge is 0.295 e. The van der Waals surface area contributed by atoms with Gasteiger partial charge in [-0.2, -0.15) is 0 Å². The lowest BCUT2D eigenvalue weighted by Crippen LogP contribution is -2.05. The third-order valence-electron chi connectivity index (χ3n) is 1.49. The van der Waals surface area contributed by atoms with E-state index in [4.69, 9.17) is 4.55 Å². The first-order valence-electron chi connectivity index (χ1n) is 3.41. The lowest BCUT2D eigenvalue weighted by molar-refractivity contribution is -0.387. The van der Waals surface area contributed by atoms with Gasteiger partial charge in [-0.05, 0) is 6.07 Å². The third-order valence-corrected chi connectivity index (χ3v) is 2.70. The van der Waals surface area contributed by atoms with Gasteiger partial charge in [0.1, 0.15) is 0 Å². The zero-order valence-electron chi connectivity index (χ0n) is 6.86. The molecule has 0 amide bonds. The number of nitrogens with zero attached hydrogens (tertiary/aromatic N) is 2. The van der Waals surface area contributed by atoms with Crippen LogP contribution in [0.5, 0.6) is 0 Å². The number of hydrogen-bond donors (Lipinski definition) is 2. The number of nitro benzene ring substituents is 1. The van der Waals surface area contributed by atoms with Crippen LogP contribution in [0.4, 0.5) is 5.69 Å². The van der Waals surface area contributed by atoms with Crippen molar-refractivity contribution in [3.8, 4) is 0 Å². The van der Waals surface area contributed by atoms with E-state index in [1.54, 1.807) is 0 Å². The number of hydrogen-bond acceptors (Lipinski definition) is 4. The Morgan fingerprint density at radius 2 is 2.07 bits per heavy atom. The predicted octanol–water partition coefficient (Wildman–Crippen LogP) is 0.768. The Bertz CT molecular complexity index is 478. The van der Waals surface area contributed by atoms with Crippen LogP contribution < -0.4 is 5.84 Å². The van der Waals surface area contributed by atoms with E-state index >= 15 is 0 Å². The van der Waals surface area contributed by atoms with Crippen molar-refractivity contribution in [2.45, 2.75) is 4.90 Å². The second kappa shape index (κ2) is 3.70. The Hall–Kier alpha value is -1.51. The Labute approximate surface area is 79.7 Å². The van der Waals surface area contributed by atoms with Gasteiger partial charge in [-0.3, -0.25) is 14.7 Å². The van der Waals surface area contributed by atoms with Crippen LogP contribution in [-0.2, 0) is 10.0 Å². The molecule has 0 aliphatic rings. The highest BCUT2D eigenvalue weighted by molar-refractivity contribution is 7.88. The summed E-state index contributed by atoms with van der Waals surface area (Å²) in [5.41, 5.74) is -0.478. The smallest absolute Gasteiger partial charge is 0.288 e. The summed E-state index contributed by atoms with van der Waals surface area (Å²) in [4.78, 5) is 9.31. The summed E-state index contributed by atoms with van der Waals surface area (Å²) < 4.78 is 23.1. The van der Waals surface area contributed by atoms with Crippen LogP contribution in [0.3, 0.4) is 0 Å². The third kappa shape index (κ3) is 1.87. The van der Waals surface area contributed by atoms with Gasteiger partial charge in [-0.1, -0.05) is 12.1 Å². The van der Waals surface area contributed by atoms with Crippen LogP contribution in [0.2, 0.25) is 0 Å². The Morgan fingerprint density at radius 1 is 1.50 bits per heavy atom. The van der Waals surface area contributed by atoms with E-state index in [9.17, 15) is 14.3 Å². The molecule has 1 atom stereocenters. The van der Waals surface area contributed by atoms with Crippen molar-refractivity contribution in [3.05, 3.63) is 34.4 Å². The van der Waals surface area contributed by atoms with Gasteiger partial charge in [0, 0.05) is 6.07 Å². The summed E-state index contributed by atoms with van der Waals surface area (Å²) in [6.07, 6.45) is 0. The standard InChI is InChI=1S/C6H7N3O4S/c7-8-14(12,13)6-4-2-1-3-5(6)9(10)11/h1-4H,7H2,(H,8,12,13). The Balaban J connectivity index is 3.51. The maximum Gasteiger partial charge on any atom is 0.288 e.